The quantitative estimate of drug-likeness (QED) is 0.859. The van der Waals surface area contributed by atoms with Gasteiger partial charge in [0.1, 0.15) is 6.10 Å². The fourth-order valence-electron chi connectivity index (χ4n) is 2.44. The highest BCUT2D eigenvalue weighted by Gasteiger charge is 2.18. The number of thioether (sulfide) groups is 1. The van der Waals surface area contributed by atoms with E-state index in [1.165, 1.54) is 6.92 Å². The maximum atomic E-state index is 12.4. The number of carbonyl (C=O) groups is 2. The molecular formula is C18H19N3O3S. The lowest BCUT2D eigenvalue weighted by Crippen LogP contribution is -2.17. The van der Waals surface area contributed by atoms with Crippen LogP contribution >= 0.6 is 11.8 Å². The number of benzene rings is 1. The largest absolute Gasteiger partial charge is 0.473 e. The molecule has 1 aliphatic heterocycles. The Hall–Kier alpha value is -2.54. The third kappa shape index (κ3) is 4.96. The molecule has 6 nitrogen and oxygen atoms in total. The zero-order valence-corrected chi connectivity index (χ0v) is 14.6. The monoisotopic (exact) mass is 357 g/mol. The topological polar surface area (TPSA) is 80.3 Å². The van der Waals surface area contributed by atoms with Gasteiger partial charge in [-0.2, -0.15) is 11.8 Å². The summed E-state index contributed by atoms with van der Waals surface area (Å²) in [6.07, 6.45) is 2.74. The molecular weight excluding hydrogens is 338 g/mol. The number of amides is 2. The van der Waals surface area contributed by atoms with Crippen molar-refractivity contribution in [2.24, 2.45) is 0 Å². The van der Waals surface area contributed by atoms with Gasteiger partial charge in [0.2, 0.25) is 11.8 Å². The lowest BCUT2D eigenvalue weighted by atomic mass is 10.2. The number of carbonyl (C=O) groups excluding carboxylic acids is 2. The molecule has 2 N–H and O–H groups in total. The summed E-state index contributed by atoms with van der Waals surface area (Å²) in [5, 5.41) is 5.50. The van der Waals surface area contributed by atoms with E-state index in [2.05, 4.69) is 15.6 Å². The summed E-state index contributed by atoms with van der Waals surface area (Å²) in [6, 6.07) is 10.2. The van der Waals surface area contributed by atoms with Crippen molar-refractivity contribution in [3.05, 3.63) is 48.2 Å². The van der Waals surface area contributed by atoms with Gasteiger partial charge >= 0.3 is 0 Å². The van der Waals surface area contributed by atoms with E-state index in [1.807, 2.05) is 11.8 Å². The van der Waals surface area contributed by atoms with Crippen LogP contribution in [-0.2, 0) is 4.79 Å². The molecule has 1 aromatic carbocycles. The van der Waals surface area contributed by atoms with Crippen LogP contribution in [0.3, 0.4) is 0 Å². The van der Waals surface area contributed by atoms with Crippen LogP contribution in [0.2, 0.25) is 0 Å². The lowest BCUT2D eigenvalue weighted by molar-refractivity contribution is -0.114. The summed E-state index contributed by atoms with van der Waals surface area (Å²) in [6.45, 7) is 1.45. The van der Waals surface area contributed by atoms with E-state index in [-0.39, 0.29) is 17.9 Å². The van der Waals surface area contributed by atoms with Crippen molar-refractivity contribution < 1.29 is 14.3 Å². The molecule has 130 valence electrons. The van der Waals surface area contributed by atoms with Crippen molar-refractivity contribution in [3.8, 4) is 5.88 Å². The van der Waals surface area contributed by atoms with E-state index in [0.717, 1.165) is 17.9 Å². The van der Waals surface area contributed by atoms with E-state index in [1.54, 1.807) is 42.6 Å². The average molecular weight is 357 g/mol. The fraction of sp³-hybridized carbons (Fsp3) is 0.278. The molecule has 0 spiro atoms. The summed E-state index contributed by atoms with van der Waals surface area (Å²) >= 11 is 1.86. The summed E-state index contributed by atoms with van der Waals surface area (Å²) in [5.74, 6) is 2.15. The number of rotatable bonds is 5. The summed E-state index contributed by atoms with van der Waals surface area (Å²) < 4.78 is 5.82. The molecule has 1 atom stereocenters. The van der Waals surface area contributed by atoms with Gasteiger partial charge in [0, 0.05) is 41.9 Å². The first-order valence-electron chi connectivity index (χ1n) is 7.99. The minimum atomic E-state index is -0.236. The second kappa shape index (κ2) is 8.02. The van der Waals surface area contributed by atoms with Gasteiger partial charge in [0.15, 0.2) is 0 Å². The van der Waals surface area contributed by atoms with Gasteiger partial charge in [-0.25, -0.2) is 4.98 Å². The molecule has 3 rings (SSSR count). The van der Waals surface area contributed by atoms with Crippen LogP contribution in [-0.4, -0.2) is 34.4 Å². The number of hydrogen-bond donors (Lipinski definition) is 2. The van der Waals surface area contributed by atoms with E-state index in [9.17, 15) is 9.59 Å². The van der Waals surface area contributed by atoms with E-state index < -0.39 is 0 Å². The van der Waals surface area contributed by atoms with Crippen molar-refractivity contribution in [2.45, 2.75) is 19.4 Å². The van der Waals surface area contributed by atoms with E-state index >= 15 is 0 Å². The molecule has 25 heavy (non-hydrogen) atoms. The molecule has 2 amide bonds. The number of pyridine rings is 1. The van der Waals surface area contributed by atoms with Gasteiger partial charge < -0.3 is 15.4 Å². The Bertz CT molecular complexity index is 758. The Labute approximate surface area is 150 Å². The predicted molar refractivity (Wildman–Crippen MR) is 99.3 cm³/mol. The Morgan fingerprint density at radius 1 is 1.16 bits per heavy atom. The zero-order chi connectivity index (χ0) is 17.6. The molecule has 2 aromatic rings. The zero-order valence-electron chi connectivity index (χ0n) is 13.8. The second-order valence-corrected chi connectivity index (χ2v) is 6.85. The highest BCUT2D eigenvalue weighted by atomic mass is 32.2. The summed E-state index contributed by atoms with van der Waals surface area (Å²) in [4.78, 5) is 27.6. The van der Waals surface area contributed by atoms with Crippen LogP contribution in [0.4, 0.5) is 11.4 Å². The van der Waals surface area contributed by atoms with Gasteiger partial charge in [-0.05, 0) is 42.5 Å². The van der Waals surface area contributed by atoms with Crippen LogP contribution in [0.25, 0.3) is 0 Å². The standard InChI is InChI=1S/C18H19N3O3S/c1-12(22)20-14-2-4-15(5-3-14)21-18(23)13-6-8-19-17(10-13)24-16-7-9-25-11-16/h2-6,8,10,16H,7,9,11H2,1H3,(H,20,22)(H,21,23). The molecule has 1 unspecified atom stereocenters. The van der Waals surface area contributed by atoms with Crippen LogP contribution in [0.1, 0.15) is 23.7 Å². The molecule has 1 aromatic heterocycles. The van der Waals surface area contributed by atoms with Gasteiger partial charge in [-0.1, -0.05) is 0 Å². The minimum absolute atomic E-state index is 0.137. The van der Waals surface area contributed by atoms with Crippen molar-refractivity contribution in [2.75, 3.05) is 22.1 Å². The first-order chi connectivity index (χ1) is 12.1. The van der Waals surface area contributed by atoms with Gasteiger partial charge in [0.05, 0.1) is 0 Å². The maximum Gasteiger partial charge on any atom is 0.255 e. The Morgan fingerprint density at radius 3 is 2.52 bits per heavy atom. The molecule has 1 aliphatic rings. The normalized spacial score (nSPS) is 16.3. The molecule has 0 radical (unpaired) electrons. The Morgan fingerprint density at radius 2 is 1.88 bits per heavy atom. The smallest absolute Gasteiger partial charge is 0.255 e. The van der Waals surface area contributed by atoms with Crippen molar-refractivity contribution in [3.63, 3.8) is 0 Å². The van der Waals surface area contributed by atoms with E-state index in [0.29, 0.717) is 22.8 Å². The predicted octanol–water partition coefficient (Wildman–Crippen LogP) is 3.18. The summed E-state index contributed by atoms with van der Waals surface area (Å²) in [5.41, 5.74) is 1.81. The lowest BCUT2D eigenvalue weighted by Gasteiger charge is -2.12. The number of hydrogen-bond acceptors (Lipinski definition) is 5. The average Bonchev–Trinajstić information content (AvgIpc) is 3.09. The third-order valence-corrected chi connectivity index (χ3v) is 4.77. The van der Waals surface area contributed by atoms with Gasteiger partial charge in [-0.15, -0.1) is 0 Å². The highest BCUT2D eigenvalue weighted by Crippen LogP contribution is 2.22. The Balaban J connectivity index is 1.63. The number of anilines is 2. The molecule has 1 fully saturated rings. The molecule has 2 heterocycles. The SMILES string of the molecule is CC(=O)Nc1ccc(NC(=O)c2ccnc(OC3CCSC3)c2)cc1. The first kappa shape index (κ1) is 17.3. The summed E-state index contributed by atoms with van der Waals surface area (Å²) in [7, 11) is 0. The van der Waals surface area contributed by atoms with Crippen LogP contribution in [0.15, 0.2) is 42.6 Å². The Kier molecular flexibility index (Phi) is 5.55. The number of ether oxygens (including phenoxy) is 1. The van der Waals surface area contributed by atoms with Crippen molar-refractivity contribution >= 4 is 35.0 Å². The van der Waals surface area contributed by atoms with Gasteiger partial charge in [-0.3, -0.25) is 9.59 Å². The molecule has 1 saturated heterocycles. The fourth-order valence-corrected chi connectivity index (χ4v) is 3.53. The number of aromatic nitrogens is 1. The molecule has 0 saturated carbocycles. The maximum absolute atomic E-state index is 12.4. The molecule has 0 aliphatic carbocycles. The third-order valence-electron chi connectivity index (χ3n) is 3.64. The van der Waals surface area contributed by atoms with E-state index in [4.69, 9.17) is 4.74 Å². The highest BCUT2D eigenvalue weighted by molar-refractivity contribution is 7.99. The van der Waals surface area contributed by atoms with Gasteiger partial charge in [0.25, 0.3) is 5.91 Å². The van der Waals surface area contributed by atoms with Crippen LogP contribution in [0, 0.1) is 0 Å². The number of nitrogens with zero attached hydrogens (tertiary/aromatic N) is 1. The molecule has 0 bridgehead atoms. The van der Waals surface area contributed by atoms with Crippen LogP contribution in [0.5, 0.6) is 5.88 Å². The molecule has 7 heteroatoms. The minimum Gasteiger partial charge on any atom is -0.473 e. The van der Waals surface area contributed by atoms with Crippen molar-refractivity contribution in [1.82, 2.24) is 4.98 Å². The number of nitrogens with one attached hydrogen (secondary N) is 2. The van der Waals surface area contributed by atoms with Crippen LogP contribution < -0.4 is 15.4 Å². The van der Waals surface area contributed by atoms with Crippen molar-refractivity contribution in [1.29, 1.82) is 0 Å². The second-order valence-electron chi connectivity index (χ2n) is 5.70. The first-order valence-corrected chi connectivity index (χ1v) is 9.15.